The Morgan fingerprint density at radius 3 is 2.69 bits per heavy atom. The summed E-state index contributed by atoms with van der Waals surface area (Å²) in [5.41, 5.74) is 1.90. The molecule has 0 saturated heterocycles. The van der Waals surface area contributed by atoms with Crippen molar-refractivity contribution in [2.75, 3.05) is 0 Å². The van der Waals surface area contributed by atoms with Gasteiger partial charge in [0.1, 0.15) is 18.2 Å². The number of rotatable bonds is 3. The van der Waals surface area contributed by atoms with Crippen molar-refractivity contribution in [2.45, 2.75) is 13.5 Å². The summed E-state index contributed by atoms with van der Waals surface area (Å²) in [6.45, 7) is 2.32. The number of halogens is 1. The van der Waals surface area contributed by atoms with E-state index in [1.165, 1.54) is 12.1 Å². The predicted molar refractivity (Wildman–Crippen MR) is 60.7 cm³/mol. The third-order valence-corrected chi connectivity index (χ3v) is 2.39. The van der Waals surface area contributed by atoms with Crippen LogP contribution in [0.3, 0.4) is 0 Å². The fourth-order valence-corrected chi connectivity index (χ4v) is 1.42. The minimum atomic E-state index is -0.231. The van der Waals surface area contributed by atoms with Gasteiger partial charge in [0.2, 0.25) is 0 Å². The van der Waals surface area contributed by atoms with Crippen molar-refractivity contribution in [1.82, 2.24) is 0 Å². The zero-order chi connectivity index (χ0) is 11.4. The Bertz CT molecular complexity index is 465. The van der Waals surface area contributed by atoms with Crippen molar-refractivity contribution < 1.29 is 9.13 Å². The Balaban J connectivity index is 2.08. The molecular formula is C14H12FO. The Morgan fingerprint density at radius 1 is 1.19 bits per heavy atom. The van der Waals surface area contributed by atoms with Gasteiger partial charge in [-0.3, -0.25) is 0 Å². The fourth-order valence-electron chi connectivity index (χ4n) is 1.42. The second kappa shape index (κ2) is 4.79. The summed E-state index contributed by atoms with van der Waals surface area (Å²) in [5.74, 6) is 0.535. The van der Waals surface area contributed by atoms with Gasteiger partial charge in [-0.15, -0.1) is 0 Å². The van der Waals surface area contributed by atoms with E-state index in [0.29, 0.717) is 6.61 Å². The molecule has 0 spiro atoms. The third-order valence-electron chi connectivity index (χ3n) is 2.39. The molecular weight excluding hydrogens is 203 g/mol. The average molecular weight is 215 g/mol. The van der Waals surface area contributed by atoms with Gasteiger partial charge in [-0.25, -0.2) is 4.39 Å². The van der Waals surface area contributed by atoms with Gasteiger partial charge in [0.05, 0.1) is 0 Å². The van der Waals surface area contributed by atoms with E-state index in [0.717, 1.165) is 16.9 Å². The molecule has 0 aliphatic rings. The summed E-state index contributed by atoms with van der Waals surface area (Å²) >= 11 is 0. The molecule has 1 nitrogen and oxygen atoms in total. The molecule has 0 aromatic heterocycles. The highest BCUT2D eigenvalue weighted by molar-refractivity contribution is 5.27. The van der Waals surface area contributed by atoms with Gasteiger partial charge in [0.25, 0.3) is 0 Å². The molecule has 0 fully saturated rings. The first kappa shape index (κ1) is 10.7. The minimum Gasteiger partial charge on any atom is -0.489 e. The van der Waals surface area contributed by atoms with Crippen molar-refractivity contribution in [1.29, 1.82) is 0 Å². The van der Waals surface area contributed by atoms with Crippen LogP contribution >= 0.6 is 0 Å². The molecule has 81 valence electrons. The smallest absolute Gasteiger partial charge is 0.123 e. The molecule has 0 amide bonds. The van der Waals surface area contributed by atoms with Crippen LogP contribution in [-0.4, -0.2) is 0 Å². The number of aryl methyl sites for hydroxylation is 1. The van der Waals surface area contributed by atoms with Crippen molar-refractivity contribution in [3.05, 3.63) is 65.5 Å². The van der Waals surface area contributed by atoms with E-state index in [1.807, 2.05) is 19.1 Å². The topological polar surface area (TPSA) is 9.23 Å². The highest BCUT2D eigenvalue weighted by Crippen LogP contribution is 2.15. The average Bonchev–Trinajstić information content (AvgIpc) is 2.32. The van der Waals surface area contributed by atoms with Crippen LogP contribution in [0.5, 0.6) is 5.75 Å². The zero-order valence-electron chi connectivity index (χ0n) is 9.03. The van der Waals surface area contributed by atoms with Crippen molar-refractivity contribution in [3.8, 4) is 5.75 Å². The van der Waals surface area contributed by atoms with Gasteiger partial charge in [-0.05, 0) is 48.4 Å². The zero-order valence-corrected chi connectivity index (χ0v) is 9.03. The molecule has 0 heterocycles. The first-order chi connectivity index (χ1) is 7.75. The molecule has 2 aromatic rings. The quantitative estimate of drug-likeness (QED) is 0.761. The fraction of sp³-hybridized carbons (Fsp3) is 0.143. The summed E-state index contributed by atoms with van der Waals surface area (Å²) in [4.78, 5) is 0. The van der Waals surface area contributed by atoms with Crippen LogP contribution in [0.25, 0.3) is 0 Å². The van der Waals surface area contributed by atoms with Crippen LogP contribution in [0, 0.1) is 18.8 Å². The van der Waals surface area contributed by atoms with E-state index in [-0.39, 0.29) is 5.82 Å². The summed E-state index contributed by atoms with van der Waals surface area (Å²) in [6.07, 6.45) is 0. The summed E-state index contributed by atoms with van der Waals surface area (Å²) in [6, 6.07) is 14.9. The predicted octanol–water partition coefficient (Wildman–Crippen LogP) is 3.51. The van der Waals surface area contributed by atoms with Crippen LogP contribution < -0.4 is 4.74 Å². The van der Waals surface area contributed by atoms with Crippen molar-refractivity contribution in [3.63, 3.8) is 0 Å². The highest BCUT2D eigenvalue weighted by atomic mass is 19.1. The van der Waals surface area contributed by atoms with E-state index >= 15 is 0 Å². The van der Waals surface area contributed by atoms with Crippen LogP contribution in [-0.2, 0) is 6.61 Å². The third kappa shape index (κ3) is 2.60. The molecule has 2 heteroatoms. The van der Waals surface area contributed by atoms with Crippen LogP contribution in [0.15, 0.2) is 42.5 Å². The molecule has 0 saturated carbocycles. The Kier molecular flexibility index (Phi) is 3.20. The second-order valence-corrected chi connectivity index (χ2v) is 3.60. The van der Waals surface area contributed by atoms with Gasteiger partial charge in [0.15, 0.2) is 0 Å². The molecule has 0 unspecified atom stereocenters. The summed E-state index contributed by atoms with van der Waals surface area (Å²) in [7, 11) is 0. The van der Waals surface area contributed by atoms with Crippen LogP contribution in [0.1, 0.15) is 11.1 Å². The van der Waals surface area contributed by atoms with Gasteiger partial charge in [-0.2, -0.15) is 0 Å². The molecule has 0 aliphatic heterocycles. The number of hydrogen-bond acceptors (Lipinski definition) is 1. The minimum absolute atomic E-state index is 0.231. The van der Waals surface area contributed by atoms with Gasteiger partial charge >= 0.3 is 0 Å². The molecule has 0 aliphatic carbocycles. The lowest BCUT2D eigenvalue weighted by atomic mass is 10.1. The van der Waals surface area contributed by atoms with Crippen molar-refractivity contribution in [2.24, 2.45) is 0 Å². The number of hydrogen-bond donors (Lipinski definition) is 0. The Labute approximate surface area is 94.5 Å². The van der Waals surface area contributed by atoms with Gasteiger partial charge in [0, 0.05) is 0 Å². The first-order valence-corrected chi connectivity index (χ1v) is 5.09. The van der Waals surface area contributed by atoms with Gasteiger partial charge in [-0.1, -0.05) is 18.2 Å². The van der Waals surface area contributed by atoms with E-state index in [1.54, 1.807) is 18.2 Å². The van der Waals surface area contributed by atoms with Gasteiger partial charge < -0.3 is 4.74 Å². The lowest BCUT2D eigenvalue weighted by molar-refractivity contribution is 0.304. The maximum absolute atomic E-state index is 13.0. The first-order valence-electron chi connectivity index (χ1n) is 5.09. The standard InChI is InChI=1S/C14H12FO/c1-11-7-8-13(15)9-12(11)10-16-14-5-3-2-4-6-14/h3-9H,10H2,1H3. The summed E-state index contributed by atoms with van der Waals surface area (Å²) < 4.78 is 18.6. The molecule has 1 radical (unpaired) electrons. The Morgan fingerprint density at radius 2 is 1.94 bits per heavy atom. The normalized spacial score (nSPS) is 10.1. The van der Waals surface area contributed by atoms with Crippen LogP contribution in [0.2, 0.25) is 0 Å². The van der Waals surface area contributed by atoms with E-state index in [2.05, 4.69) is 6.07 Å². The highest BCUT2D eigenvalue weighted by Gasteiger charge is 2.01. The largest absolute Gasteiger partial charge is 0.489 e. The molecule has 0 atom stereocenters. The van der Waals surface area contributed by atoms with E-state index in [4.69, 9.17) is 4.74 Å². The molecule has 16 heavy (non-hydrogen) atoms. The maximum atomic E-state index is 13.0. The Hall–Kier alpha value is -1.83. The molecule has 2 rings (SSSR count). The van der Waals surface area contributed by atoms with Crippen molar-refractivity contribution >= 4 is 0 Å². The lowest BCUT2D eigenvalue weighted by Crippen LogP contribution is -1.98. The summed E-state index contributed by atoms with van der Waals surface area (Å²) in [5, 5.41) is 0. The van der Waals surface area contributed by atoms with E-state index < -0.39 is 0 Å². The molecule has 0 bridgehead atoms. The monoisotopic (exact) mass is 215 g/mol. The lowest BCUT2D eigenvalue weighted by Gasteiger charge is -2.08. The molecule has 0 N–H and O–H groups in total. The SMILES string of the molecule is Cc1ccc(F)cc1COc1cc[c]cc1. The second-order valence-electron chi connectivity index (χ2n) is 3.60. The number of benzene rings is 2. The van der Waals surface area contributed by atoms with Crippen LogP contribution in [0.4, 0.5) is 4.39 Å². The maximum Gasteiger partial charge on any atom is 0.123 e. The number of ether oxygens (including phenoxy) is 1. The van der Waals surface area contributed by atoms with E-state index in [9.17, 15) is 4.39 Å². The molecule has 2 aromatic carbocycles.